The van der Waals surface area contributed by atoms with Crippen LogP contribution in [0.3, 0.4) is 0 Å². The van der Waals surface area contributed by atoms with Crippen molar-refractivity contribution in [3.05, 3.63) is 83.9 Å². The quantitative estimate of drug-likeness (QED) is 0.718. The maximum atomic E-state index is 5.90. The lowest BCUT2D eigenvalue weighted by Gasteiger charge is -2.32. The Balaban J connectivity index is 2.12. The second kappa shape index (κ2) is 4.79. The van der Waals surface area contributed by atoms with E-state index in [0.29, 0.717) is 6.61 Å². The molecule has 0 saturated carbocycles. The molecule has 0 saturated heterocycles. The fraction of sp³-hybridized carbons (Fsp3) is 0.176. The normalized spacial score (nSPS) is 22.2. The summed E-state index contributed by atoms with van der Waals surface area (Å²) in [5, 5.41) is 0. The summed E-state index contributed by atoms with van der Waals surface area (Å²) in [6.45, 7) is 4.58. The van der Waals surface area contributed by atoms with E-state index in [-0.39, 0.29) is 12.0 Å². The van der Waals surface area contributed by atoms with E-state index in [0.717, 1.165) is 0 Å². The van der Waals surface area contributed by atoms with Gasteiger partial charge in [-0.3, -0.25) is 0 Å². The van der Waals surface area contributed by atoms with Crippen LogP contribution >= 0.6 is 0 Å². The molecule has 18 heavy (non-hydrogen) atoms. The highest BCUT2D eigenvalue weighted by atomic mass is 16.5. The molecule has 0 fully saturated rings. The van der Waals surface area contributed by atoms with Crippen molar-refractivity contribution in [3.63, 3.8) is 0 Å². The number of rotatable bonds is 2. The van der Waals surface area contributed by atoms with Crippen LogP contribution in [-0.2, 0) is 11.3 Å². The summed E-state index contributed by atoms with van der Waals surface area (Å²) in [4.78, 5) is 0. The third-order valence-corrected chi connectivity index (χ3v) is 3.54. The van der Waals surface area contributed by atoms with Crippen molar-refractivity contribution in [1.82, 2.24) is 0 Å². The first-order chi connectivity index (χ1) is 8.90. The van der Waals surface area contributed by atoms with E-state index in [2.05, 4.69) is 55.1 Å². The average molecular weight is 236 g/mol. The molecule has 1 heteroatoms. The standard InChI is InChI=1S/C17H16O/c1-2-16-17(13-8-4-3-5-9-13)15-11-7-6-10-14(15)12-18-16/h2-11,16-17H,1,12H2/t16-,17-/m0/s1. The third-order valence-electron chi connectivity index (χ3n) is 3.54. The van der Waals surface area contributed by atoms with Crippen molar-refractivity contribution in [2.45, 2.75) is 18.6 Å². The molecule has 3 rings (SSSR count). The molecule has 1 aliphatic heterocycles. The Morgan fingerprint density at radius 1 is 1.00 bits per heavy atom. The van der Waals surface area contributed by atoms with Gasteiger partial charge in [0.2, 0.25) is 0 Å². The third kappa shape index (κ3) is 1.87. The van der Waals surface area contributed by atoms with Gasteiger partial charge < -0.3 is 4.74 Å². The van der Waals surface area contributed by atoms with Gasteiger partial charge in [-0.25, -0.2) is 0 Å². The van der Waals surface area contributed by atoms with Gasteiger partial charge >= 0.3 is 0 Å². The lowest BCUT2D eigenvalue weighted by atomic mass is 9.82. The summed E-state index contributed by atoms with van der Waals surface area (Å²) >= 11 is 0. The molecule has 1 nitrogen and oxygen atoms in total. The minimum atomic E-state index is 0.0577. The zero-order valence-electron chi connectivity index (χ0n) is 10.3. The summed E-state index contributed by atoms with van der Waals surface area (Å²) in [6, 6.07) is 19.0. The second-order valence-corrected chi connectivity index (χ2v) is 4.60. The Hall–Kier alpha value is -1.86. The number of ether oxygens (including phenoxy) is 1. The van der Waals surface area contributed by atoms with Crippen LogP contribution in [-0.4, -0.2) is 6.10 Å². The molecule has 1 heterocycles. The van der Waals surface area contributed by atoms with E-state index in [9.17, 15) is 0 Å². The van der Waals surface area contributed by atoms with Gasteiger partial charge in [-0.1, -0.05) is 60.7 Å². The van der Waals surface area contributed by atoms with Gasteiger partial charge in [0.1, 0.15) is 0 Å². The van der Waals surface area contributed by atoms with Gasteiger partial charge in [-0.15, -0.1) is 6.58 Å². The number of benzene rings is 2. The highest BCUT2D eigenvalue weighted by molar-refractivity contribution is 5.41. The van der Waals surface area contributed by atoms with Crippen LogP contribution < -0.4 is 0 Å². The SMILES string of the molecule is C=C[C@@H]1OCc2ccccc2[C@@H]1c1ccccc1. The van der Waals surface area contributed by atoms with Crippen molar-refractivity contribution in [2.24, 2.45) is 0 Å². The van der Waals surface area contributed by atoms with Crippen LogP contribution in [0, 0.1) is 0 Å². The molecule has 2 atom stereocenters. The Bertz CT molecular complexity index is 545. The lowest BCUT2D eigenvalue weighted by Crippen LogP contribution is -2.27. The Morgan fingerprint density at radius 2 is 1.72 bits per heavy atom. The van der Waals surface area contributed by atoms with Crippen molar-refractivity contribution in [2.75, 3.05) is 0 Å². The second-order valence-electron chi connectivity index (χ2n) is 4.60. The fourth-order valence-corrected chi connectivity index (χ4v) is 2.66. The smallest absolute Gasteiger partial charge is 0.0866 e. The molecule has 0 radical (unpaired) electrons. The minimum Gasteiger partial charge on any atom is -0.368 e. The van der Waals surface area contributed by atoms with Crippen LogP contribution in [0.5, 0.6) is 0 Å². The molecule has 90 valence electrons. The average Bonchev–Trinajstić information content (AvgIpc) is 2.47. The van der Waals surface area contributed by atoms with Crippen LogP contribution in [0.25, 0.3) is 0 Å². The van der Waals surface area contributed by atoms with Crippen molar-refractivity contribution in [1.29, 1.82) is 0 Å². The Kier molecular flexibility index (Phi) is 2.99. The zero-order valence-corrected chi connectivity index (χ0v) is 10.3. The van der Waals surface area contributed by atoms with Gasteiger partial charge in [0, 0.05) is 5.92 Å². The summed E-state index contributed by atoms with van der Waals surface area (Å²) in [5.41, 5.74) is 3.93. The molecule has 0 amide bonds. The highest BCUT2D eigenvalue weighted by Gasteiger charge is 2.29. The first-order valence-electron chi connectivity index (χ1n) is 6.27. The summed E-state index contributed by atoms with van der Waals surface area (Å²) < 4.78 is 5.90. The van der Waals surface area contributed by atoms with E-state index < -0.39 is 0 Å². The molecule has 0 bridgehead atoms. The number of fused-ring (bicyclic) bond motifs is 1. The van der Waals surface area contributed by atoms with Gasteiger partial charge in [-0.2, -0.15) is 0 Å². The molecule has 0 unspecified atom stereocenters. The summed E-state index contributed by atoms with van der Waals surface area (Å²) in [6.07, 6.45) is 1.97. The van der Waals surface area contributed by atoms with E-state index in [4.69, 9.17) is 4.74 Å². The number of hydrogen-bond acceptors (Lipinski definition) is 1. The molecule has 0 N–H and O–H groups in total. The fourth-order valence-electron chi connectivity index (χ4n) is 2.66. The topological polar surface area (TPSA) is 9.23 Å². The van der Waals surface area contributed by atoms with Gasteiger partial charge in [0.15, 0.2) is 0 Å². The van der Waals surface area contributed by atoms with E-state index in [1.807, 2.05) is 12.1 Å². The zero-order chi connectivity index (χ0) is 12.4. The summed E-state index contributed by atoms with van der Waals surface area (Å²) in [7, 11) is 0. The van der Waals surface area contributed by atoms with E-state index >= 15 is 0 Å². The van der Waals surface area contributed by atoms with Crippen LogP contribution in [0.15, 0.2) is 67.3 Å². The molecule has 0 aromatic heterocycles. The minimum absolute atomic E-state index is 0.0577. The number of hydrogen-bond donors (Lipinski definition) is 0. The van der Waals surface area contributed by atoms with Crippen LogP contribution in [0.4, 0.5) is 0 Å². The highest BCUT2D eigenvalue weighted by Crippen LogP contribution is 2.36. The Labute approximate surface area is 108 Å². The maximum Gasteiger partial charge on any atom is 0.0866 e. The van der Waals surface area contributed by atoms with E-state index in [1.54, 1.807) is 0 Å². The van der Waals surface area contributed by atoms with Crippen molar-refractivity contribution >= 4 is 0 Å². The summed E-state index contributed by atoms with van der Waals surface area (Å²) in [5.74, 6) is 0.258. The van der Waals surface area contributed by atoms with Crippen LogP contribution in [0.1, 0.15) is 22.6 Å². The molecule has 1 aliphatic rings. The molecular formula is C17H16O. The maximum absolute atomic E-state index is 5.90. The molecule has 2 aromatic carbocycles. The van der Waals surface area contributed by atoms with Gasteiger partial charge in [0.25, 0.3) is 0 Å². The monoisotopic (exact) mass is 236 g/mol. The first-order valence-corrected chi connectivity index (χ1v) is 6.27. The van der Waals surface area contributed by atoms with Crippen molar-refractivity contribution < 1.29 is 4.74 Å². The predicted molar refractivity (Wildman–Crippen MR) is 73.5 cm³/mol. The van der Waals surface area contributed by atoms with Crippen molar-refractivity contribution in [3.8, 4) is 0 Å². The Morgan fingerprint density at radius 3 is 2.50 bits per heavy atom. The molecular weight excluding hydrogens is 220 g/mol. The molecule has 0 spiro atoms. The largest absolute Gasteiger partial charge is 0.368 e. The van der Waals surface area contributed by atoms with Gasteiger partial charge in [-0.05, 0) is 16.7 Å². The molecule has 2 aromatic rings. The first kappa shape index (κ1) is 11.2. The lowest BCUT2D eigenvalue weighted by molar-refractivity contribution is 0.0477. The molecule has 0 aliphatic carbocycles. The van der Waals surface area contributed by atoms with Crippen LogP contribution in [0.2, 0.25) is 0 Å². The van der Waals surface area contributed by atoms with Gasteiger partial charge in [0.05, 0.1) is 12.7 Å². The predicted octanol–water partition coefficient (Wildman–Crippen LogP) is 3.90. The van der Waals surface area contributed by atoms with E-state index in [1.165, 1.54) is 16.7 Å².